The number of rotatable bonds is 2. The lowest BCUT2D eigenvalue weighted by atomic mass is 10.1. The Kier molecular flexibility index (Phi) is 3.04. The van der Waals surface area contributed by atoms with Crippen LogP contribution in [0.5, 0.6) is 0 Å². The van der Waals surface area contributed by atoms with Crippen molar-refractivity contribution in [3.8, 4) is 12.3 Å². The Morgan fingerprint density at radius 1 is 1.77 bits per heavy atom. The lowest BCUT2D eigenvalue weighted by Gasteiger charge is -2.01. The maximum atomic E-state index is 10.9. The number of methoxy groups -OCH3 is 1. The molecule has 0 aliphatic rings. The summed E-state index contributed by atoms with van der Waals surface area (Å²) >= 11 is 0. The van der Waals surface area contributed by atoms with Crippen LogP contribution in [0.25, 0.3) is 0 Å². The van der Waals surface area contributed by atoms with Crippen LogP contribution >= 0.6 is 0 Å². The minimum Gasteiger partial charge on any atom is -0.469 e. The number of hydrogen-bond acceptors (Lipinski definition) is 3. The molecule has 0 saturated carbocycles. The first-order valence-corrected chi connectivity index (χ1v) is 3.75. The molecule has 0 amide bonds. The molecule has 0 spiro atoms. The number of hydrogen-bond donors (Lipinski definition) is 0. The summed E-state index contributed by atoms with van der Waals surface area (Å²) in [6.45, 7) is 0. The van der Waals surface area contributed by atoms with E-state index in [1.54, 1.807) is 18.3 Å². The van der Waals surface area contributed by atoms with E-state index in [1.165, 1.54) is 7.11 Å². The minimum absolute atomic E-state index is 0.171. The Morgan fingerprint density at radius 3 is 3.15 bits per heavy atom. The van der Waals surface area contributed by atoms with E-state index >= 15 is 0 Å². The van der Waals surface area contributed by atoms with Crippen molar-refractivity contribution in [2.45, 2.75) is 6.42 Å². The fourth-order valence-corrected chi connectivity index (χ4v) is 0.939. The van der Waals surface area contributed by atoms with E-state index in [0.29, 0.717) is 5.69 Å². The molecule has 66 valence electrons. The van der Waals surface area contributed by atoms with Gasteiger partial charge in [-0.3, -0.25) is 4.79 Å². The number of carbonyl (C=O) groups is 1. The highest BCUT2D eigenvalue weighted by Gasteiger charge is 2.06. The first-order chi connectivity index (χ1) is 6.27. The molecule has 0 aliphatic heterocycles. The Balaban J connectivity index is 2.89. The van der Waals surface area contributed by atoms with E-state index in [2.05, 4.69) is 15.6 Å². The summed E-state index contributed by atoms with van der Waals surface area (Å²) in [5, 5.41) is 0. The molecule has 1 heterocycles. The van der Waals surface area contributed by atoms with Gasteiger partial charge in [0.2, 0.25) is 0 Å². The number of esters is 1. The van der Waals surface area contributed by atoms with E-state index < -0.39 is 0 Å². The van der Waals surface area contributed by atoms with E-state index in [1.807, 2.05) is 0 Å². The maximum Gasteiger partial charge on any atom is 0.310 e. The van der Waals surface area contributed by atoms with Crippen molar-refractivity contribution in [3.05, 3.63) is 29.6 Å². The highest BCUT2D eigenvalue weighted by molar-refractivity contribution is 5.73. The van der Waals surface area contributed by atoms with Crippen LogP contribution in [-0.2, 0) is 16.0 Å². The van der Waals surface area contributed by atoms with Gasteiger partial charge in [0.05, 0.1) is 13.5 Å². The second-order valence-electron chi connectivity index (χ2n) is 2.41. The molecule has 1 aromatic heterocycles. The molecule has 0 bridgehead atoms. The molecule has 1 aromatic rings. The average molecular weight is 175 g/mol. The van der Waals surface area contributed by atoms with E-state index in [9.17, 15) is 4.79 Å². The van der Waals surface area contributed by atoms with Crippen molar-refractivity contribution in [1.82, 2.24) is 4.98 Å². The van der Waals surface area contributed by atoms with Gasteiger partial charge in [-0.05, 0) is 17.6 Å². The molecular weight excluding hydrogens is 166 g/mol. The third-order valence-electron chi connectivity index (χ3n) is 1.59. The van der Waals surface area contributed by atoms with Crippen molar-refractivity contribution in [2.24, 2.45) is 0 Å². The lowest BCUT2D eigenvalue weighted by Crippen LogP contribution is -2.06. The Bertz CT molecular complexity index is 352. The van der Waals surface area contributed by atoms with Gasteiger partial charge in [0.15, 0.2) is 0 Å². The standard InChI is InChI=1S/C10H9NO2/c1-3-9-8(5-4-6-11-9)7-10(12)13-2/h1,4-6H,7H2,2H3. The van der Waals surface area contributed by atoms with E-state index in [0.717, 1.165) is 5.56 Å². The highest BCUT2D eigenvalue weighted by Crippen LogP contribution is 2.05. The zero-order chi connectivity index (χ0) is 9.68. The average Bonchev–Trinajstić information content (AvgIpc) is 2.18. The lowest BCUT2D eigenvalue weighted by molar-refractivity contribution is -0.139. The van der Waals surface area contributed by atoms with Gasteiger partial charge in [0.1, 0.15) is 5.69 Å². The molecule has 3 heteroatoms. The predicted molar refractivity (Wildman–Crippen MR) is 47.9 cm³/mol. The van der Waals surface area contributed by atoms with Crippen LogP contribution in [0.3, 0.4) is 0 Å². The summed E-state index contributed by atoms with van der Waals surface area (Å²) in [6.07, 6.45) is 6.97. The van der Waals surface area contributed by atoms with Gasteiger partial charge in [-0.2, -0.15) is 0 Å². The van der Waals surface area contributed by atoms with Gasteiger partial charge < -0.3 is 4.74 Å². The third-order valence-corrected chi connectivity index (χ3v) is 1.59. The van der Waals surface area contributed by atoms with Crippen molar-refractivity contribution in [3.63, 3.8) is 0 Å². The fraction of sp³-hybridized carbons (Fsp3) is 0.200. The zero-order valence-corrected chi connectivity index (χ0v) is 7.28. The minimum atomic E-state index is -0.315. The van der Waals surface area contributed by atoms with Crippen LogP contribution < -0.4 is 0 Å². The molecule has 0 atom stereocenters. The smallest absolute Gasteiger partial charge is 0.310 e. The molecule has 0 aromatic carbocycles. The largest absolute Gasteiger partial charge is 0.469 e. The normalized spacial score (nSPS) is 8.92. The Labute approximate surface area is 76.8 Å². The SMILES string of the molecule is C#Cc1ncccc1CC(=O)OC. The highest BCUT2D eigenvalue weighted by atomic mass is 16.5. The van der Waals surface area contributed by atoms with Crippen molar-refractivity contribution < 1.29 is 9.53 Å². The molecule has 0 N–H and O–H groups in total. The summed E-state index contributed by atoms with van der Waals surface area (Å²) in [5.74, 6) is 2.09. The predicted octanol–water partition coefficient (Wildman–Crippen LogP) is 0.778. The zero-order valence-electron chi connectivity index (χ0n) is 7.28. The molecule has 0 unspecified atom stereocenters. The number of aromatic nitrogens is 1. The molecule has 0 aliphatic carbocycles. The summed E-state index contributed by atoms with van der Waals surface area (Å²) in [5.41, 5.74) is 1.21. The van der Waals surface area contributed by atoms with Crippen LogP contribution in [0.4, 0.5) is 0 Å². The monoisotopic (exact) mass is 175 g/mol. The Morgan fingerprint density at radius 2 is 2.54 bits per heavy atom. The third kappa shape index (κ3) is 2.31. The second kappa shape index (κ2) is 4.27. The number of terminal acetylenes is 1. The van der Waals surface area contributed by atoms with Crippen molar-refractivity contribution in [1.29, 1.82) is 0 Å². The number of carbonyl (C=O) groups excluding carboxylic acids is 1. The second-order valence-corrected chi connectivity index (χ2v) is 2.41. The first-order valence-electron chi connectivity index (χ1n) is 3.75. The molecule has 13 heavy (non-hydrogen) atoms. The summed E-state index contributed by atoms with van der Waals surface area (Å²) in [4.78, 5) is 14.9. The first kappa shape index (κ1) is 9.27. The van der Waals surface area contributed by atoms with Gasteiger partial charge in [-0.1, -0.05) is 6.07 Å². The molecule has 0 radical (unpaired) electrons. The molecule has 1 rings (SSSR count). The van der Waals surface area contributed by atoms with Gasteiger partial charge in [-0.25, -0.2) is 4.98 Å². The fourth-order valence-electron chi connectivity index (χ4n) is 0.939. The van der Waals surface area contributed by atoms with Crippen LogP contribution in [0.15, 0.2) is 18.3 Å². The van der Waals surface area contributed by atoms with Crippen LogP contribution in [0, 0.1) is 12.3 Å². The molecular formula is C10H9NO2. The van der Waals surface area contributed by atoms with Gasteiger partial charge in [-0.15, -0.1) is 6.42 Å². The van der Waals surface area contributed by atoms with E-state index in [-0.39, 0.29) is 12.4 Å². The maximum absolute atomic E-state index is 10.9. The van der Waals surface area contributed by atoms with Crippen molar-refractivity contribution in [2.75, 3.05) is 7.11 Å². The van der Waals surface area contributed by atoms with Crippen LogP contribution in [-0.4, -0.2) is 18.1 Å². The molecule has 0 fully saturated rings. The summed E-state index contributed by atoms with van der Waals surface area (Å²) < 4.78 is 4.52. The van der Waals surface area contributed by atoms with Gasteiger partial charge in [0, 0.05) is 6.20 Å². The topological polar surface area (TPSA) is 39.2 Å². The van der Waals surface area contributed by atoms with Crippen LogP contribution in [0.1, 0.15) is 11.3 Å². The summed E-state index contributed by atoms with van der Waals surface area (Å²) in [6, 6.07) is 3.50. The van der Waals surface area contributed by atoms with Crippen molar-refractivity contribution >= 4 is 5.97 Å². The molecule has 0 saturated heterocycles. The van der Waals surface area contributed by atoms with Gasteiger partial charge >= 0.3 is 5.97 Å². The van der Waals surface area contributed by atoms with E-state index in [4.69, 9.17) is 6.42 Å². The number of nitrogens with zero attached hydrogens (tertiary/aromatic N) is 1. The Hall–Kier alpha value is -1.82. The summed E-state index contributed by atoms with van der Waals surface area (Å²) in [7, 11) is 1.34. The number of ether oxygens (including phenoxy) is 1. The van der Waals surface area contributed by atoms with Gasteiger partial charge in [0.25, 0.3) is 0 Å². The molecule has 3 nitrogen and oxygen atoms in total. The number of pyridine rings is 1. The quantitative estimate of drug-likeness (QED) is 0.492. The van der Waals surface area contributed by atoms with Crippen LogP contribution in [0.2, 0.25) is 0 Å².